The van der Waals surface area contributed by atoms with Gasteiger partial charge in [0.25, 0.3) is 0 Å². The number of nitrogens with zero attached hydrogens (tertiary/aromatic N) is 3. The summed E-state index contributed by atoms with van der Waals surface area (Å²) in [4.78, 5) is 10.8. The minimum atomic E-state index is 0.664. The Morgan fingerprint density at radius 3 is 2.00 bits per heavy atom. The number of aromatic nitrogens is 3. The molecule has 0 unspecified atom stereocenters. The molecule has 0 atom stereocenters. The van der Waals surface area contributed by atoms with Gasteiger partial charge in [0.15, 0.2) is 0 Å². The monoisotopic (exact) mass is 653 g/mol. The summed E-state index contributed by atoms with van der Waals surface area (Å²) in [6, 6.07) is 59.0. The first kappa shape index (κ1) is 27.6. The first-order valence-electron chi connectivity index (χ1n) is 16.9. The van der Waals surface area contributed by atoms with Crippen LogP contribution in [0, 0.1) is 0 Å². The molecule has 0 amide bonds. The Balaban J connectivity index is 1.28. The van der Waals surface area contributed by atoms with Crippen LogP contribution in [-0.2, 0) is 0 Å². The third kappa shape index (κ3) is 4.03. The molecule has 4 heteroatoms. The average Bonchev–Trinajstić information content (AvgIpc) is 3.71. The van der Waals surface area contributed by atoms with Crippen molar-refractivity contribution in [1.82, 2.24) is 14.5 Å². The summed E-state index contributed by atoms with van der Waals surface area (Å²) in [7, 11) is 0. The summed E-state index contributed by atoms with van der Waals surface area (Å²) >= 11 is 1.85. The van der Waals surface area contributed by atoms with Crippen LogP contribution in [0.3, 0.4) is 0 Å². The summed E-state index contributed by atoms with van der Waals surface area (Å²) in [5.41, 5.74) is 7.49. The molecule has 0 saturated carbocycles. The van der Waals surface area contributed by atoms with Gasteiger partial charge in [-0.3, -0.25) is 4.57 Å². The molecule has 0 radical (unpaired) electrons. The summed E-state index contributed by atoms with van der Waals surface area (Å²) in [5.74, 6) is 0.664. The van der Waals surface area contributed by atoms with Crippen LogP contribution in [0.25, 0.3) is 103 Å². The number of rotatable bonds is 3. The maximum absolute atomic E-state index is 5.47. The van der Waals surface area contributed by atoms with Crippen LogP contribution < -0.4 is 0 Å². The van der Waals surface area contributed by atoms with Gasteiger partial charge in [-0.15, -0.1) is 11.3 Å². The predicted octanol–water partition coefficient (Wildman–Crippen LogP) is 12.7. The Morgan fingerprint density at radius 2 is 1.10 bits per heavy atom. The molecule has 0 spiro atoms. The molecule has 3 heterocycles. The van der Waals surface area contributed by atoms with Crippen molar-refractivity contribution in [2.24, 2.45) is 0 Å². The van der Waals surface area contributed by atoms with Crippen molar-refractivity contribution in [3.8, 4) is 28.3 Å². The van der Waals surface area contributed by atoms with E-state index in [1.807, 2.05) is 11.3 Å². The van der Waals surface area contributed by atoms with Crippen LogP contribution in [0.4, 0.5) is 0 Å². The highest BCUT2D eigenvalue weighted by Crippen LogP contribution is 2.44. The van der Waals surface area contributed by atoms with Gasteiger partial charge in [0, 0.05) is 47.5 Å². The van der Waals surface area contributed by atoms with E-state index >= 15 is 0 Å². The van der Waals surface area contributed by atoms with Crippen LogP contribution in [-0.4, -0.2) is 14.5 Å². The fraction of sp³-hybridized carbons (Fsp3) is 0. The maximum atomic E-state index is 5.47. The Kier molecular flexibility index (Phi) is 5.83. The summed E-state index contributed by atoms with van der Waals surface area (Å²) in [6.45, 7) is 0. The molecular formula is C46H27N3S. The third-order valence-corrected chi connectivity index (χ3v) is 11.3. The smallest absolute Gasteiger partial charge is 0.235 e. The molecule has 0 bridgehead atoms. The van der Waals surface area contributed by atoms with Gasteiger partial charge < -0.3 is 0 Å². The van der Waals surface area contributed by atoms with Crippen LogP contribution in [0.15, 0.2) is 164 Å². The van der Waals surface area contributed by atoms with Crippen LogP contribution in [0.2, 0.25) is 0 Å². The number of hydrogen-bond donors (Lipinski definition) is 0. The van der Waals surface area contributed by atoms with Gasteiger partial charge >= 0.3 is 0 Å². The molecule has 0 N–H and O–H groups in total. The van der Waals surface area contributed by atoms with Gasteiger partial charge in [0.2, 0.25) is 5.95 Å². The molecule has 0 saturated heterocycles. The molecular weight excluding hydrogens is 627 g/mol. The number of para-hydroxylation sites is 2. The number of benzene rings is 8. The zero-order valence-electron chi connectivity index (χ0n) is 26.8. The van der Waals surface area contributed by atoms with E-state index in [2.05, 4.69) is 168 Å². The van der Waals surface area contributed by atoms with Crippen molar-refractivity contribution in [1.29, 1.82) is 0 Å². The van der Waals surface area contributed by atoms with Gasteiger partial charge in [-0.05, 0) is 69.6 Å². The van der Waals surface area contributed by atoms with Crippen molar-refractivity contribution in [2.45, 2.75) is 0 Å². The van der Waals surface area contributed by atoms with E-state index < -0.39 is 0 Å². The van der Waals surface area contributed by atoms with Crippen molar-refractivity contribution < 1.29 is 0 Å². The quantitative estimate of drug-likeness (QED) is 0.190. The largest absolute Gasteiger partial charge is 0.277 e. The second-order valence-corrected chi connectivity index (χ2v) is 14.1. The second-order valence-electron chi connectivity index (χ2n) is 13.0. The lowest BCUT2D eigenvalue weighted by molar-refractivity contribution is 1.01. The van der Waals surface area contributed by atoms with Gasteiger partial charge in [0.1, 0.15) is 0 Å². The molecule has 0 aliphatic rings. The molecule has 11 rings (SSSR count). The van der Waals surface area contributed by atoms with Gasteiger partial charge in [-0.2, -0.15) is 0 Å². The Morgan fingerprint density at radius 1 is 0.420 bits per heavy atom. The zero-order valence-corrected chi connectivity index (χ0v) is 27.7. The normalized spacial score (nSPS) is 12.0. The van der Waals surface area contributed by atoms with Gasteiger partial charge in [0.05, 0.1) is 22.2 Å². The van der Waals surface area contributed by atoms with E-state index in [9.17, 15) is 0 Å². The highest BCUT2D eigenvalue weighted by Gasteiger charge is 2.22. The lowest BCUT2D eigenvalue weighted by Gasteiger charge is -2.15. The first-order chi connectivity index (χ1) is 24.8. The van der Waals surface area contributed by atoms with E-state index in [1.165, 1.54) is 63.6 Å². The first-order valence-corrected chi connectivity index (χ1v) is 17.7. The molecule has 50 heavy (non-hydrogen) atoms. The van der Waals surface area contributed by atoms with Crippen molar-refractivity contribution in [3.05, 3.63) is 164 Å². The van der Waals surface area contributed by atoms with Crippen LogP contribution in [0.5, 0.6) is 0 Å². The van der Waals surface area contributed by atoms with Crippen molar-refractivity contribution >= 4 is 85.8 Å². The highest BCUT2D eigenvalue weighted by atomic mass is 32.1. The molecule has 0 aliphatic carbocycles. The predicted molar refractivity (Wildman–Crippen MR) is 213 cm³/mol. The lowest BCUT2D eigenvalue weighted by atomic mass is 9.94. The maximum Gasteiger partial charge on any atom is 0.235 e. The van der Waals surface area contributed by atoms with Gasteiger partial charge in [-0.25, -0.2) is 9.97 Å². The lowest BCUT2D eigenvalue weighted by Crippen LogP contribution is -2.04. The average molecular weight is 654 g/mol. The van der Waals surface area contributed by atoms with E-state index in [-0.39, 0.29) is 0 Å². The second kappa shape index (κ2) is 10.6. The number of hydrogen-bond acceptors (Lipinski definition) is 3. The fourth-order valence-corrected chi connectivity index (χ4v) is 8.98. The minimum absolute atomic E-state index is 0.664. The van der Waals surface area contributed by atoms with E-state index in [1.54, 1.807) is 0 Å². The van der Waals surface area contributed by atoms with Gasteiger partial charge in [-0.1, -0.05) is 121 Å². The number of thiophene rings is 1. The van der Waals surface area contributed by atoms with Crippen molar-refractivity contribution in [3.63, 3.8) is 0 Å². The standard InChI is InChI=1S/C46H27N3S/c1-2-12-29-25-32(22-21-28(29)11-1)44-36-17-5-8-18-39(36)47-46(48-44)49-40-19-9-6-15-34(40)38-26-30-13-3-4-14-33(30)43(45(38)49)31-23-24-42-37(27-31)35-16-7-10-20-41(35)50-42/h1-27H. The molecule has 232 valence electrons. The topological polar surface area (TPSA) is 30.7 Å². The summed E-state index contributed by atoms with van der Waals surface area (Å²) < 4.78 is 4.91. The van der Waals surface area contributed by atoms with Crippen LogP contribution >= 0.6 is 11.3 Å². The van der Waals surface area contributed by atoms with E-state index in [0.29, 0.717) is 5.95 Å². The third-order valence-electron chi connectivity index (χ3n) is 10.2. The van der Waals surface area contributed by atoms with E-state index in [0.717, 1.165) is 33.2 Å². The Bertz CT molecular complexity index is 3170. The van der Waals surface area contributed by atoms with E-state index in [4.69, 9.17) is 9.97 Å². The molecule has 3 nitrogen and oxygen atoms in total. The Hall–Kier alpha value is -6.36. The summed E-state index contributed by atoms with van der Waals surface area (Å²) in [5, 5.41) is 10.8. The molecule has 11 aromatic rings. The molecule has 8 aromatic carbocycles. The SMILES string of the molecule is c1ccc2cc(-c3nc(-n4c5ccccc5c5cc6ccccc6c(-c6ccc7sc8ccccc8c7c6)c54)nc4ccccc34)ccc2c1. The fourth-order valence-electron chi connectivity index (χ4n) is 7.89. The summed E-state index contributed by atoms with van der Waals surface area (Å²) in [6.07, 6.45) is 0. The minimum Gasteiger partial charge on any atom is -0.277 e. The van der Waals surface area contributed by atoms with Crippen LogP contribution in [0.1, 0.15) is 0 Å². The Labute approximate surface area is 291 Å². The number of fused-ring (bicyclic) bond motifs is 9. The molecule has 3 aromatic heterocycles. The van der Waals surface area contributed by atoms with Crippen molar-refractivity contribution in [2.75, 3.05) is 0 Å². The molecule has 0 aliphatic heterocycles. The zero-order chi connectivity index (χ0) is 32.8. The molecule has 0 fully saturated rings. The highest BCUT2D eigenvalue weighted by molar-refractivity contribution is 7.25.